The van der Waals surface area contributed by atoms with Gasteiger partial charge in [0.15, 0.2) is 0 Å². The average molecular weight is 499 g/mol. The van der Waals surface area contributed by atoms with E-state index >= 15 is 0 Å². The van der Waals surface area contributed by atoms with Gasteiger partial charge in [-0.05, 0) is 67.0 Å². The summed E-state index contributed by atoms with van der Waals surface area (Å²) in [5.74, 6) is 1.73. The van der Waals surface area contributed by atoms with Crippen molar-refractivity contribution in [2.24, 2.45) is 17.3 Å². The molecule has 2 atom stereocenters. The smallest absolute Gasteiger partial charge is 0.321 e. The van der Waals surface area contributed by atoms with Gasteiger partial charge in [-0.3, -0.25) is 9.69 Å². The van der Waals surface area contributed by atoms with Crippen LogP contribution in [-0.4, -0.2) is 78.7 Å². The third-order valence-corrected chi connectivity index (χ3v) is 9.20. The van der Waals surface area contributed by atoms with Gasteiger partial charge in [-0.1, -0.05) is 32.4 Å². The van der Waals surface area contributed by atoms with Gasteiger partial charge in [-0.2, -0.15) is 0 Å². The Morgan fingerprint density at radius 2 is 1.86 bits per heavy atom. The number of hydrogen-bond donors (Lipinski definition) is 1. The molecule has 5 rings (SSSR count). The second kappa shape index (κ2) is 11.4. The highest BCUT2D eigenvalue weighted by atomic mass is 32.2. The Morgan fingerprint density at radius 3 is 2.46 bits per heavy atom. The van der Waals surface area contributed by atoms with E-state index in [1.807, 2.05) is 35.4 Å². The average Bonchev–Trinajstić information content (AvgIpc) is 2.87. The Morgan fingerprint density at radius 1 is 1.14 bits per heavy atom. The number of benzene rings is 1. The minimum absolute atomic E-state index is 0.0352. The van der Waals surface area contributed by atoms with E-state index in [2.05, 4.69) is 42.0 Å². The molecule has 2 fully saturated rings. The van der Waals surface area contributed by atoms with E-state index in [0.29, 0.717) is 30.8 Å². The van der Waals surface area contributed by atoms with Crippen molar-refractivity contribution in [1.29, 1.82) is 0 Å². The number of carbonyl (C=O) groups is 2. The molecule has 1 aliphatic heterocycles. The van der Waals surface area contributed by atoms with Crippen molar-refractivity contribution in [3.8, 4) is 0 Å². The molecule has 35 heavy (non-hydrogen) atoms. The number of nitrogens with zero attached hydrogens (tertiary/aromatic N) is 3. The molecule has 192 valence electrons. The van der Waals surface area contributed by atoms with Crippen molar-refractivity contribution in [3.05, 3.63) is 35.9 Å². The standard InChI is InChI=1S/C28H42N4O2S/c1-5-6-26(33)32(20-21-7-8-22-19-25(21)28(22,2)3)18-15-30-13-16-31(17-14-30)27(34)29-23-9-11-24(35-4)12-10-23/h7,9-12,22,25H,5-6,8,13-20H2,1-4H3,(H,29,34). The topological polar surface area (TPSA) is 55.9 Å². The third-order valence-electron chi connectivity index (χ3n) is 8.46. The summed E-state index contributed by atoms with van der Waals surface area (Å²) in [4.78, 5) is 33.2. The molecule has 1 saturated carbocycles. The first-order chi connectivity index (χ1) is 16.8. The van der Waals surface area contributed by atoms with E-state index in [0.717, 1.165) is 50.7 Å². The molecule has 0 aromatic heterocycles. The minimum Gasteiger partial charge on any atom is -0.337 e. The molecule has 0 spiro atoms. The summed E-state index contributed by atoms with van der Waals surface area (Å²) in [6.07, 6.45) is 8.43. The molecule has 1 N–H and O–H groups in total. The zero-order chi connectivity index (χ0) is 25.0. The maximum atomic E-state index is 12.9. The molecule has 2 bridgehead atoms. The maximum absolute atomic E-state index is 12.9. The molecule has 1 saturated heterocycles. The van der Waals surface area contributed by atoms with Crippen LogP contribution in [0.3, 0.4) is 0 Å². The van der Waals surface area contributed by atoms with Crippen LogP contribution in [0.4, 0.5) is 10.5 Å². The van der Waals surface area contributed by atoms with Crippen LogP contribution in [0, 0.1) is 17.3 Å². The SMILES string of the molecule is CCCC(=O)N(CCN1CCN(C(=O)Nc2ccc(SC)cc2)CC1)CC1=CCC2CC1C2(C)C. The van der Waals surface area contributed by atoms with Crippen LogP contribution in [0.5, 0.6) is 0 Å². The summed E-state index contributed by atoms with van der Waals surface area (Å²) in [5, 5.41) is 3.02. The van der Waals surface area contributed by atoms with Gasteiger partial charge in [0.2, 0.25) is 5.91 Å². The molecule has 0 radical (unpaired) electrons. The molecule has 1 aromatic rings. The van der Waals surface area contributed by atoms with Gasteiger partial charge < -0.3 is 15.1 Å². The van der Waals surface area contributed by atoms with Crippen LogP contribution in [-0.2, 0) is 4.79 Å². The van der Waals surface area contributed by atoms with E-state index in [1.54, 1.807) is 11.8 Å². The highest BCUT2D eigenvalue weighted by Gasteiger charge is 2.51. The van der Waals surface area contributed by atoms with Crippen LogP contribution < -0.4 is 5.32 Å². The number of allylic oxidation sites excluding steroid dienone is 1. The number of urea groups is 1. The predicted molar refractivity (Wildman–Crippen MR) is 145 cm³/mol. The number of thioether (sulfide) groups is 1. The molecule has 2 unspecified atom stereocenters. The van der Waals surface area contributed by atoms with Gasteiger partial charge in [0.25, 0.3) is 0 Å². The molecule has 6 nitrogen and oxygen atoms in total. The lowest BCUT2D eigenvalue weighted by Crippen LogP contribution is -2.52. The second-order valence-corrected chi connectivity index (χ2v) is 11.8. The first kappa shape index (κ1) is 26.1. The first-order valence-electron chi connectivity index (χ1n) is 13.2. The Bertz CT molecular complexity index is 921. The van der Waals surface area contributed by atoms with E-state index < -0.39 is 0 Å². The number of anilines is 1. The lowest BCUT2D eigenvalue weighted by Gasteiger charge is -2.57. The Kier molecular flexibility index (Phi) is 8.48. The van der Waals surface area contributed by atoms with Crippen LogP contribution in [0.15, 0.2) is 40.8 Å². The van der Waals surface area contributed by atoms with Gasteiger partial charge in [-0.15, -0.1) is 11.8 Å². The van der Waals surface area contributed by atoms with Gasteiger partial charge in [0.05, 0.1) is 0 Å². The van der Waals surface area contributed by atoms with E-state index in [-0.39, 0.29) is 11.9 Å². The van der Waals surface area contributed by atoms with Crippen molar-refractivity contribution in [3.63, 3.8) is 0 Å². The van der Waals surface area contributed by atoms with Gasteiger partial charge in [-0.25, -0.2) is 4.79 Å². The summed E-state index contributed by atoms with van der Waals surface area (Å²) in [6, 6.07) is 7.92. The summed E-state index contributed by atoms with van der Waals surface area (Å²) in [6.45, 7) is 12.4. The summed E-state index contributed by atoms with van der Waals surface area (Å²) >= 11 is 1.69. The minimum atomic E-state index is -0.0352. The number of amides is 3. The highest BCUT2D eigenvalue weighted by Crippen LogP contribution is 2.59. The monoisotopic (exact) mass is 498 g/mol. The zero-order valence-corrected chi connectivity index (χ0v) is 22.7. The van der Waals surface area contributed by atoms with E-state index in [9.17, 15) is 9.59 Å². The fraction of sp³-hybridized carbons (Fsp3) is 0.643. The van der Waals surface area contributed by atoms with Crippen molar-refractivity contribution < 1.29 is 9.59 Å². The number of carbonyl (C=O) groups excluding carboxylic acids is 2. The second-order valence-electron chi connectivity index (χ2n) is 10.9. The van der Waals surface area contributed by atoms with Crippen molar-refractivity contribution >= 4 is 29.4 Å². The lowest BCUT2D eigenvalue weighted by molar-refractivity contribution is -0.131. The number of fused-ring (bicyclic) bond motifs is 1. The van der Waals surface area contributed by atoms with E-state index in [1.165, 1.54) is 23.3 Å². The molecule has 1 aromatic carbocycles. The summed E-state index contributed by atoms with van der Waals surface area (Å²) in [7, 11) is 0. The lowest BCUT2D eigenvalue weighted by atomic mass is 9.49. The summed E-state index contributed by atoms with van der Waals surface area (Å²) < 4.78 is 0. The molecular weight excluding hydrogens is 456 g/mol. The van der Waals surface area contributed by atoms with Crippen LogP contribution in [0.25, 0.3) is 0 Å². The third kappa shape index (κ3) is 6.05. The van der Waals surface area contributed by atoms with Crippen molar-refractivity contribution in [2.75, 3.05) is 57.4 Å². The van der Waals surface area contributed by atoms with Gasteiger partial charge in [0.1, 0.15) is 0 Å². The molecule has 3 aliphatic carbocycles. The number of hydrogen-bond acceptors (Lipinski definition) is 4. The number of nitrogens with one attached hydrogen (secondary N) is 1. The summed E-state index contributed by atoms with van der Waals surface area (Å²) in [5.41, 5.74) is 2.70. The Labute approximate surface area is 215 Å². The molecule has 1 heterocycles. The largest absolute Gasteiger partial charge is 0.337 e. The van der Waals surface area contributed by atoms with Crippen LogP contribution >= 0.6 is 11.8 Å². The molecule has 4 aliphatic rings. The molecule has 3 amide bonds. The van der Waals surface area contributed by atoms with Gasteiger partial charge >= 0.3 is 6.03 Å². The van der Waals surface area contributed by atoms with Crippen molar-refractivity contribution in [1.82, 2.24) is 14.7 Å². The fourth-order valence-corrected chi connectivity index (χ4v) is 6.26. The number of piperazine rings is 1. The zero-order valence-electron chi connectivity index (χ0n) is 21.9. The normalized spacial score (nSPS) is 23.3. The van der Waals surface area contributed by atoms with Crippen LogP contribution in [0.1, 0.15) is 46.5 Å². The van der Waals surface area contributed by atoms with Crippen LogP contribution in [0.2, 0.25) is 0 Å². The fourth-order valence-electron chi connectivity index (χ4n) is 5.85. The first-order valence-corrected chi connectivity index (χ1v) is 14.4. The van der Waals surface area contributed by atoms with Crippen molar-refractivity contribution in [2.45, 2.75) is 51.3 Å². The highest BCUT2D eigenvalue weighted by molar-refractivity contribution is 7.98. The number of rotatable bonds is 9. The quantitative estimate of drug-likeness (QED) is 0.377. The maximum Gasteiger partial charge on any atom is 0.321 e. The van der Waals surface area contributed by atoms with Gasteiger partial charge in [0, 0.05) is 62.8 Å². The Hall–Kier alpha value is -1.99. The predicted octanol–water partition coefficient (Wildman–Crippen LogP) is 5.18. The molecule has 7 heteroatoms. The Balaban J connectivity index is 1.25. The van der Waals surface area contributed by atoms with E-state index in [4.69, 9.17) is 0 Å². The molecular formula is C28H42N4O2S.